The van der Waals surface area contributed by atoms with Crippen molar-refractivity contribution >= 4 is 28.4 Å². The first kappa shape index (κ1) is 20.6. The standard InChI is InChI=1S/C24H25ClN2O3/c1-2-30-18-9-7-17(8-10-18)24(11-13-29-14-12-24)16-26-23(28)20-15-22(25)27-21-6-4-3-5-19(20)21/h3-10,15H,2,11-14,16H2,1H3,(H,26,28). The summed E-state index contributed by atoms with van der Waals surface area (Å²) in [6.07, 6.45) is 1.69. The van der Waals surface area contributed by atoms with Gasteiger partial charge < -0.3 is 14.8 Å². The average Bonchev–Trinajstić information content (AvgIpc) is 2.78. The van der Waals surface area contributed by atoms with Gasteiger partial charge in [-0.1, -0.05) is 41.9 Å². The molecule has 1 saturated heterocycles. The van der Waals surface area contributed by atoms with E-state index in [9.17, 15) is 4.79 Å². The lowest BCUT2D eigenvalue weighted by atomic mass is 9.74. The fraction of sp³-hybridized carbons (Fsp3) is 0.333. The maximum Gasteiger partial charge on any atom is 0.252 e. The lowest BCUT2D eigenvalue weighted by Crippen LogP contribution is -2.44. The van der Waals surface area contributed by atoms with Gasteiger partial charge in [0.1, 0.15) is 10.9 Å². The summed E-state index contributed by atoms with van der Waals surface area (Å²) in [6, 6.07) is 17.4. The summed E-state index contributed by atoms with van der Waals surface area (Å²) < 4.78 is 11.2. The second-order valence-corrected chi connectivity index (χ2v) is 7.93. The summed E-state index contributed by atoms with van der Waals surface area (Å²) in [6.45, 7) is 4.48. The van der Waals surface area contributed by atoms with Gasteiger partial charge in [0, 0.05) is 30.6 Å². The molecule has 3 aromatic rings. The Labute approximate surface area is 181 Å². The maximum absolute atomic E-state index is 13.1. The Bertz CT molecular complexity index is 1030. The van der Waals surface area contributed by atoms with Crippen LogP contribution >= 0.6 is 11.6 Å². The van der Waals surface area contributed by atoms with Crippen LogP contribution in [0.3, 0.4) is 0 Å². The van der Waals surface area contributed by atoms with Crippen molar-refractivity contribution in [2.24, 2.45) is 0 Å². The van der Waals surface area contributed by atoms with E-state index in [0.717, 1.165) is 24.0 Å². The van der Waals surface area contributed by atoms with Gasteiger partial charge >= 0.3 is 0 Å². The molecule has 0 atom stereocenters. The summed E-state index contributed by atoms with van der Waals surface area (Å²) in [5.74, 6) is 0.706. The summed E-state index contributed by atoms with van der Waals surface area (Å²) in [4.78, 5) is 17.4. The van der Waals surface area contributed by atoms with E-state index in [1.807, 2.05) is 43.3 Å². The molecule has 1 aliphatic heterocycles. The first-order chi connectivity index (χ1) is 14.6. The third-order valence-electron chi connectivity index (χ3n) is 5.74. The van der Waals surface area contributed by atoms with Crippen LogP contribution in [-0.2, 0) is 10.2 Å². The highest BCUT2D eigenvalue weighted by Crippen LogP contribution is 2.35. The van der Waals surface area contributed by atoms with Crippen LogP contribution in [0.1, 0.15) is 35.7 Å². The number of amides is 1. The van der Waals surface area contributed by atoms with Gasteiger partial charge in [-0.2, -0.15) is 0 Å². The molecule has 0 spiro atoms. The third-order valence-corrected chi connectivity index (χ3v) is 5.94. The monoisotopic (exact) mass is 424 g/mol. The van der Waals surface area contributed by atoms with Crippen LogP contribution in [0.4, 0.5) is 0 Å². The number of pyridine rings is 1. The molecule has 5 nitrogen and oxygen atoms in total. The smallest absolute Gasteiger partial charge is 0.252 e. The molecule has 30 heavy (non-hydrogen) atoms. The first-order valence-electron chi connectivity index (χ1n) is 10.3. The zero-order valence-electron chi connectivity index (χ0n) is 17.0. The summed E-state index contributed by atoms with van der Waals surface area (Å²) in [7, 11) is 0. The fourth-order valence-corrected chi connectivity index (χ4v) is 4.28. The van der Waals surface area contributed by atoms with E-state index >= 15 is 0 Å². The minimum Gasteiger partial charge on any atom is -0.494 e. The second-order valence-electron chi connectivity index (χ2n) is 7.54. The molecule has 2 aromatic carbocycles. The molecule has 4 rings (SSSR count). The molecule has 0 radical (unpaired) electrons. The van der Waals surface area contributed by atoms with Gasteiger partial charge in [0.15, 0.2) is 0 Å². The van der Waals surface area contributed by atoms with Crippen molar-refractivity contribution in [1.82, 2.24) is 10.3 Å². The number of benzene rings is 2. The van der Waals surface area contributed by atoms with Crippen LogP contribution in [0.25, 0.3) is 10.9 Å². The number of halogens is 1. The molecule has 1 fully saturated rings. The summed E-state index contributed by atoms with van der Waals surface area (Å²) >= 11 is 6.16. The van der Waals surface area contributed by atoms with Crippen LogP contribution in [0.15, 0.2) is 54.6 Å². The minimum absolute atomic E-state index is 0.146. The highest BCUT2D eigenvalue weighted by Gasteiger charge is 2.35. The lowest BCUT2D eigenvalue weighted by molar-refractivity contribution is 0.0487. The number of hydrogen-bond acceptors (Lipinski definition) is 4. The molecule has 1 aliphatic rings. The molecule has 0 aliphatic carbocycles. The lowest BCUT2D eigenvalue weighted by Gasteiger charge is -2.38. The van der Waals surface area contributed by atoms with Crippen LogP contribution in [0.5, 0.6) is 5.75 Å². The van der Waals surface area contributed by atoms with Crippen molar-refractivity contribution in [2.45, 2.75) is 25.2 Å². The Morgan fingerprint density at radius 2 is 1.90 bits per heavy atom. The average molecular weight is 425 g/mol. The molecule has 0 saturated carbocycles. The number of aromatic nitrogens is 1. The van der Waals surface area contributed by atoms with E-state index in [1.54, 1.807) is 6.07 Å². The van der Waals surface area contributed by atoms with Gasteiger partial charge in [0.25, 0.3) is 5.91 Å². The Balaban J connectivity index is 1.58. The van der Waals surface area contributed by atoms with Gasteiger partial charge in [-0.25, -0.2) is 4.98 Å². The van der Waals surface area contributed by atoms with Crippen molar-refractivity contribution < 1.29 is 14.3 Å². The zero-order valence-corrected chi connectivity index (χ0v) is 17.7. The molecular weight excluding hydrogens is 400 g/mol. The number of nitrogens with one attached hydrogen (secondary N) is 1. The molecule has 6 heteroatoms. The number of carbonyl (C=O) groups is 1. The van der Waals surface area contributed by atoms with Crippen molar-refractivity contribution in [3.05, 3.63) is 70.9 Å². The second kappa shape index (κ2) is 9.02. The molecule has 1 amide bonds. The van der Waals surface area contributed by atoms with Gasteiger partial charge in [-0.3, -0.25) is 4.79 Å². The van der Waals surface area contributed by atoms with Crippen LogP contribution in [0.2, 0.25) is 5.15 Å². The quantitative estimate of drug-likeness (QED) is 0.579. The number of hydrogen-bond donors (Lipinski definition) is 1. The molecule has 1 N–H and O–H groups in total. The number of rotatable bonds is 6. The molecule has 0 bridgehead atoms. The number of para-hydroxylation sites is 1. The molecule has 0 unspecified atom stereocenters. The number of fused-ring (bicyclic) bond motifs is 1. The van der Waals surface area contributed by atoms with Crippen molar-refractivity contribution in [1.29, 1.82) is 0 Å². The van der Waals surface area contributed by atoms with Gasteiger partial charge in [-0.05, 0) is 49.6 Å². The van der Waals surface area contributed by atoms with Crippen LogP contribution in [-0.4, -0.2) is 37.3 Å². The Morgan fingerprint density at radius 1 is 1.17 bits per heavy atom. The highest BCUT2D eigenvalue weighted by atomic mass is 35.5. The molecule has 156 valence electrons. The van der Waals surface area contributed by atoms with E-state index in [1.165, 1.54) is 5.56 Å². The molecule has 2 heterocycles. The van der Waals surface area contributed by atoms with E-state index in [-0.39, 0.29) is 11.3 Å². The topological polar surface area (TPSA) is 60.5 Å². The van der Waals surface area contributed by atoms with Gasteiger partial charge in [0.2, 0.25) is 0 Å². The minimum atomic E-state index is -0.175. The number of carbonyl (C=O) groups excluding carboxylic acids is 1. The summed E-state index contributed by atoms with van der Waals surface area (Å²) in [5, 5.41) is 4.26. The third kappa shape index (κ3) is 4.27. The normalized spacial score (nSPS) is 15.7. The Morgan fingerprint density at radius 3 is 2.63 bits per heavy atom. The predicted octanol–water partition coefficient (Wildman–Crippen LogP) is 4.77. The molecular formula is C24H25ClN2O3. The number of nitrogens with zero attached hydrogens (tertiary/aromatic N) is 1. The zero-order chi connectivity index (χ0) is 21.0. The van der Waals surface area contributed by atoms with E-state index in [4.69, 9.17) is 21.1 Å². The van der Waals surface area contributed by atoms with Gasteiger partial charge in [0.05, 0.1) is 17.7 Å². The predicted molar refractivity (Wildman–Crippen MR) is 118 cm³/mol. The summed E-state index contributed by atoms with van der Waals surface area (Å²) in [5.41, 5.74) is 2.26. The van der Waals surface area contributed by atoms with Crippen LogP contribution < -0.4 is 10.1 Å². The van der Waals surface area contributed by atoms with Crippen molar-refractivity contribution in [2.75, 3.05) is 26.4 Å². The van der Waals surface area contributed by atoms with Gasteiger partial charge in [-0.15, -0.1) is 0 Å². The molecule has 1 aromatic heterocycles. The van der Waals surface area contributed by atoms with Crippen molar-refractivity contribution in [3.63, 3.8) is 0 Å². The van der Waals surface area contributed by atoms with Crippen molar-refractivity contribution in [3.8, 4) is 5.75 Å². The largest absolute Gasteiger partial charge is 0.494 e. The fourth-order valence-electron chi connectivity index (χ4n) is 4.08. The van der Waals surface area contributed by atoms with E-state index in [0.29, 0.717) is 42.6 Å². The van der Waals surface area contributed by atoms with E-state index < -0.39 is 0 Å². The Hall–Kier alpha value is -2.63. The van der Waals surface area contributed by atoms with E-state index in [2.05, 4.69) is 22.4 Å². The number of ether oxygens (including phenoxy) is 2. The van der Waals surface area contributed by atoms with Crippen LogP contribution in [0, 0.1) is 0 Å². The Kier molecular flexibility index (Phi) is 6.21. The highest BCUT2D eigenvalue weighted by molar-refractivity contribution is 6.30. The maximum atomic E-state index is 13.1. The first-order valence-corrected chi connectivity index (χ1v) is 10.6. The SMILES string of the molecule is CCOc1ccc(C2(CNC(=O)c3cc(Cl)nc4ccccc34)CCOCC2)cc1.